The SMILES string of the molecule is CNC(=S)NCc1ccsc1Cl. The van der Waals surface area contributed by atoms with Gasteiger partial charge in [-0.05, 0) is 23.7 Å². The Morgan fingerprint density at radius 3 is 3.00 bits per heavy atom. The number of thiocarbonyl (C=S) groups is 1. The predicted molar refractivity (Wildman–Crippen MR) is 57.8 cm³/mol. The Kier molecular flexibility index (Phi) is 3.78. The Morgan fingerprint density at radius 1 is 1.75 bits per heavy atom. The lowest BCUT2D eigenvalue weighted by atomic mass is 10.3. The van der Waals surface area contributed by atoms with Gasteiger partial charge in [-0.3, -0.25) is 0 Å². The fourth-order valence-corrected chi connectivity index (χ4v) is 1.71. The summed E-state index contributed by atoms with van der Waals surface area (Å²) < 4.78 is 0.821. The minimum absolute atomic E-state index is 0.636. The molecule has 0 amide bonds. The van der Waals surface area contributed by atoms with Crippen LogP contribution < -0.4 is 10.6 Å². The number of thiophene rings is 1. The second-order valence-electron chi connectivity index (χ2n) is 2.15. The highest BCUT2D eigenvalue weighted by Gasteiger charge is 2.00. The maximum absolute atomic E-state index is 5.88. The second-order valence-corrected chi connectivity index (χ2v) is 4.08. The van der Waals surface area contributed by atoms with Crippen LogP contribution in [0, 0.1) is 0 Å². The van der Waals surface area contributed by atoms with E-state index in [1.807, 2.05) is 11.4 Å². The summed E-state index contributed by atoms with van der Waals surface area (Å²) in [5.74, 6) is 0. The molecular weight excluding hydrogens is 212 g/mol. The quantitative estimate of drug-likeness (QED) is 0.746. The van der Waals surface area contributed by atoms with Gasteiger partial charge in [-0.1, -0.05) is 11.6 Å². The van der Waals surface area contributed by atoms with Crippen LogP contribution in [0.15, 0.2) is 11.4 Å². The minimum atomic E-state index is 0.636. The van der Waals surface area contributed by atoms with Gasteiger partial charge in [0.2, 0.25) is 0 Å². The minimum Gasteiger partial charge on any atom is -0.366 e. The predicted octanol–water partition coefficient (Wildman–Crippen LogP) is 2.00. The van der Waals surface area contributed by atoms with E-state index in [0.717, 1.165) is 9.90 Å². The van der Waals surface area contributed by atoms with Crippen LogP contribution in [-0.4, -0.2) is 12.2 Å². The van der Waals surface area contributed by atoms with Crippen molar-refractivity contribution in [3.63, 3.8) is 0 Å². The molecule has 0 saturated carbocycles. The molecule has 0 aliphatic carbocycles. The third-order valence-corrected chi connectivity index (χ3v) is 2.96. The van der Waals surface area contributed by atoms with Crippen LogP contribution in [0.2, 0.25) is 4.34 Å². The fourth-order valence-electron chi connectivity index (χ4n) is 0.709. The van der Waals surface area contributed by atoms with Gasteiger partial charge in [0.25, 0.3) is 0 Å². The third kappa shape index (κ3) is 2.62. The zero-order valence-electron chi connectivity index (χ0n) is 6.56. The third-order valence-electron chi connectivity index (χ3n) is 1.36. The molecule has 66 valence electrons. The van der Waals surface area contributed by atoms with E-state index in [0.29, 0.717) is 11.7 Å². The van der Waals surface area contributed by atoms with Crippen molar-refractivity contribution in [2.75, 3.05) is 7.05 Å². The van der Waals surface area contributed by atoms with Gasteiger partial charge in [0.05, 0.1) is 4.34 Å². The maximum atomic E-state index is 5.88. The van der Waals surface area contributed by atoms with Crippen LogP contribution in [0.5, 0.6) is 0 Å². The van der Waals surface area contributed by atoms with E-state index in [1.54, 1.807) is 7.05 Å². The van der Waals surface area contributed by atoms with Crippen LogP contribution in [0.4, 0.5) is 0 Å². The van der Waals surface area contributed by atoms with Gasteiger partial charge in [-0.2, -0.15) is 0 Å². The molecule has 2 nitrogen and oxygen atoms in total. The van der Waals surface area contributed by atoms with Crippen molar-refractivity contribution < 1.29 is 0 Å². The molecule has 5 heteroatoms. The Balaban J connectivity index is 2.43. The van der Waals surface area contributed by atoms with Crippen LogP contribution in [0.1, 0.15) is 5.56 Å². The average molecular weight is 221 g/mol. The van der Waals surface area contributed by atoms with Crippen molar-refractivity contribution in [3.05, 3.63) is 21.3 Å². The van der Waals surface area contributed by atoms with Crippen LogP contribution in [-0.2, 0) is 6.54 Å². The molecule has 1 aromatic heterocycles. The van der Waals surface area contributed by atoms with Crippen LogP contribution >= 0.6 is 35.2 Å². The molecule has 0 radical (unpaired) electrons. The number of rotatable bonds is 2. The first kappa shape index (κ1) is 9.77. The molecule has 0 saturated heterocycles. The Hall–Kier alpha value is -0.320. The molecule has 0 fully saturated rings. The molecule has 0 unspecified atom stereocenters. The summed E-state index contributed by atoms with van der Waals surface area (Å²) in [5.41, 5.74) is 1.08. The number of nitrogens with one attached hydrogen (secondary N) is 2. The summed E-state index contributed by atoms with van der Waals surface area (Å²) in [7, 11) is 1.78. The van der Waals surface area contributed by atoms with Gasteiger partial charge in [-0.15, -0.1) is 11.3 Å². The Labute approximate surface area is 85.9 Å². The van der Waals surface area contributed by atoms with E-state index < -0.39 is 0 Å². The summed E-state index contributed by atoms with van der Waals surface area (Å²) in [6.45, 7) is 0.683. The normalized spacial score (nSPS) is 9.50. The summed E-state index contributed by atoms with van der Waals surface area (Å²) >= 11 is 12.3. The zero-order valence-corrected chi connectivity index (χ0v) is 8.95. The van der Waals surface area contributed by atoms with Gasteiger partial charge in [0.1, 0.15) is 0 Å². The van der Waals surface area contributed by atoms with Crippen LogP contribution in [0.3, 0.4) is 0 Å². The first-order valence-corrected chi connectivity index (χ1v) is 5.08. The molecule has 1 aromatic rings. The smallest absolute Gasteiger partial charge is 0.166 e. The molecule has 0 bridgehead atoms. The number of hydrogen-bond donors (Lipinski definition) is 2. The van der Waals surface area contributed by atoms with Gasteiger partial charge in [-0.25, -0.2) is 0 Å². The lowest BCUT2D eigenvalue weighted by Gasteiger charge is -2.05. The molecule has 12 heavy (non-hydrogen) atoms. The second kappa shape index (κ2) is 4.64. The molecule has 1 rings (SSSR count). The lowest BCUT2D eigenvalue weighted by molar-refractivity contribution is 0.895. The molecule has 0 aromatic carbocycles. The van der Waals surface area contributed by atoms with E-state index in [9.17, 15) is 0 Å². The monoisotopic (exact) mass is 220 g/mol. The first-order valence-electron chi connectivity index (χ1n) is 3.41. The highest BCUT2D eigenvalue weighted by molar-refractivity contribution is 7.80. The summed E-state index contributed by atoms with van der Waals surface area (Å²) in [6.07, 6.45) is 0. The van der Waals surface area contributed by atoms with Crippen molar-refractivity contribution in [1.82, 2.24) is 10.6 Å². The van der Waals surface area contributed by atoms with E-state index >= 15 is 0 Å². The molecular formula is C7H9ClN2S2. The van der Waals surface area contributed by atoms with Gasteiger partial charge >= 0.3 is 0 Å². The summed E-state index contributed by atoms with van der Waals surface area (Å²) in [6, 6.07) is 1.98. The fraction of sp³-hybridized carbons (Fsp3) is 0.286. The standard InChI is InChI=1S/C7H9ClN2S2/c1-9-7(11)10-4-5-2-3-12-6(5)8/h2-3H,4H2,1H3,(H2,9,10,11). The van der Waals surface area contributed by atoms with Gasteiger partial charge in [0, 0.05) is 19.2 Å². The summed E-state index contributed by atoms with van der Waals surface area (Å²) in [5, 5.41) is 8.44. The largest absolute Gasteiger partial charge is 0.366 e. The molecule has 1 heterocycles. The van der Waals surface area contributed by atoms with Crippen molar-refractivity contribution in [2.24, 2.45) is 0 Å². The van der Waals surface area contributed by atoms with Gasteiger partial charge < -0.3 is 10.6 Å². The Bertz CT molecular complexity index is 272. The van der Waals surface area contributed by atoms with E-state index in [2.05, 4.69) is 10.6 Å². The molecule has 0 atom stereocenters. The maximum Gasteiger partial charge on any atom is 0.166 e. The lowest BCUT2D eigenvalue weighted by Crippen LogP contribution is -2.31. The van der Waals surface area contributed by atoms with Crippen molar-refractivity contribution in [3.8, 4) is 0 Å². The van der Waals surface area contributed by atoms with Gasteiger partial charge in [0.15, 0.2) is 5.11 Å². The summed E-state index contributed by atoms with van der Waals surface area (Å²) in [4.78, 5) is 0. The van der Waals surface area contributed by atoms with Crippen LogP contribution in [0.25, 0.3) is 0 Å². The van der Waals surface area contributed by atoms with E-state index in [1.165, 1.54) is 11.3 Å². The highest BCUT2D eigenvalue weighted by Crippen LogP contribution is 2.22. The van der Waals surface area contributed by atoms with Crippen molar-refractivity contribution in [2.45, 2.75) is 6.54 Å². The number of hydrogen-bond acceptors (Lipinski definition) is 2. The number of halogens is 1. The highest BCUT2D eigenvalue weighted by atomic mass is 35.5. The van der Waals surface area contributed by atoms with Crippen molar-refractivity contribution >= 4 is 40.3 Å². The van der Waals surface area contributed by atoms with Crippen molar-refractivity contribution in [1.29, 1.82) is 0 Å². The van der Waals surface area contributed by atoms with E-state index in [-0.39, 0.29) is 0 Å². The molecule has 0 aliphatic heterocycles. The van der Waals surface area contributed by atoms with E-state index in [4.69, 9.17) is 23.8 Å². The molecule has 0 aliphatic rings. The molecule has 0 spiro atoms. The topological polar surface area (TPSA) is 24.1 Å². The average Bonchev–Trinajstić information content (AvgIpc) is 2.47. The zero-order chi connectivity index (χ0) is 8.97. The Morgan fingerprint density at radius 2 is 2.50 bits per heavy atom. The molecule has 2 N–H and O–H groups in total. The first-order chi connectivity index (χ1) is 5.74.